The number of thioether (sulfide) groups is 1. The summed E-state index contributed by atoms with van der Waals surface area (Å²) in [7, 11) is 0. The highest BCUT2D eigenvalue weighted by Crippen LogP contribution is 2.35. The second-order valence-corrected chi connectivity index (χ2v) is 8.16. The Morgan fingerprint density at radius 1 is 1.40 bits per heavy atom. The van der Waals surface area contributed by atoms with Crippen LogP contribution in [0.25, 0.3) is 0 Å². The molecule has 2 rings (SSSR count). The van der Waals surface area contributed by atoms with Gasteiger partial charge in [0.2, 0.25) is 0 Å². The summed E-state index contributed by atoms with van der Waals surface area (Å²) < 4.78 is 6.26. The van der Waals surface area contributed by atoms with Crippen LogP contribution in [-0.2, 0) is 0 Å². The van der Waals surface area contributed by atoms with Crippen molar-refractivity contribution >= 4 is 11.8 Å². The summed E-state index contributed by atoms with van der Waals surface area (Å²) in [5, 5.41) is 0. The molecule has 1 aliphatic rings. The van der Waals surface area contributed by atoms with E-state index in [9.17, 15) is 0 Å². The van der Waals surface area contributed by atoms with Crippen molar-refractivity contribution in [2.75, 3.05) is 18.8 Å². The normalized spacial score (nSPS) is 23.2. The molecule has 2 N–H and O–H groups in total. The second-order valence-electron chi connectivity index (χ2n) is 6.36. The molecule has 3 nitrogen and oxygen atoms in total. The molecule has 0 aliphatic carbocycles. The molecule has 2 unspecified atom stereocenters. The topological polar surface area (TPSA) is 42.4 Å². The van der Waals surface area contributed by atoms with Crippen LogP contribution in [0.1, 0.15) is 51.2 Å². The molecule has 0 spiro atoms. The molecule has 2 atom stereocenters. The minimum absolute atomic E-state index is 0.131. The molecule has 1 aromatic rings. The standard InChI is InChI=1S/C16H28N2OS/c1-5-13(17)15(14-7-6-12(2)19-14)18-9-8-16(3,4)20-11-10-18/h6-7,13,15H,5,8-11,17H2,1-4H3. The predicted molar refractivity (Wildman–Crippen MR) is 87.2 cm³/mol. The van der Waals surface area contributed by atoms with Crippen LogP contribution in [0, 0.1) is 6.92 Å². The summed E-state index contributed by atoms with van der Waals surface area (Å²) in [4.78, 5) is 2.52. The molecule has 0 radical (unpaired) electrons. The van der Waals surface area contributed by atoms with E-state index in [0.717, 1.165) is 31.0 Å². The SMILES string of the molecule is CCC(N)C(c1ccc(C)o1)N1CCSC(C)(C)CC1. The fourth-order valence-electron chi connectivity index (χ4n) is 2.81. The highest BCUT2D eigenvalue weighted by Gasteiger charge is 2.32. The van der Waals surface area contributed by atoms with Crippen molar-refractivity contribution in [3.63, 3.8) is 0 Å². The molecule has 0 saturated carbocycles. The molecule has 2 heterocycles. The summed E-state index contributed by atoms with van der Waals surface area (Å²) in [6.07, 6.45) is 2.17. The first-order chi connectivity index (χ1) is 9.43. The van der Waals surface area contributed by atoms with E-state index in [1.54, 1.807) is 0 Å². The van der Waals surface area contributed by atoms with E-state index in [2.05, 4.69) is 43.5 Å². The molecule has 1 fully saturated rings. The van der Waals surface area contributed by atoms with Crippen molar-refractivity contribution in [1.29, 1.82) is 0 Å². The molecule has 4 heteroatoms. The van der Waals surface area contributed by atoms with Crippen molar-refractivity contribution in [3.8, 4) is 0 Å². The Balaban J connectivity index is 2.18. The zero-order valence-corrected chi connectivity index (χ0v) is 14.0. The number of furan rings is 1. The van der Waals surface area contributed by atoms with Gasteiger partial charge in [0.05, 0.1) is 6.04 Å². The molecule has 1 aromatic heterocycles. The Hall–Kier alpha value is -0.450. The van der Waals surface area contributed by atoms with Gasteiger partial charge in [-0.2, -0.15) is 11.8 Å². The van der Waals surface area contributed by atoms with Crippen LogP contribution < -0.4 is 5.73 Å². The zero-order valence-electron chi connectivity index (χ0n) is 13.2. The molecule has 1 aliphatic heterocycles. The molecule has 1 saturated heterocycles. The Kier molecular flexibility index (Phi) is 5.21. The summed E-state index contributed by atoms with van der Waals surface area (Å²) in [6, 6.07) is 4.48. The Labute approximate surface area is 127 Å². The van der Waals surface area contributed by atoms with Crippen LogP contribution in [0.5, 0.6) is 0 Å². The van der Waals surface area contributed by atoms with Gasteiger partial charge in [-0.25, -0.2) is 0 Å². The van der Waals surface area contributed by atoms with E-state index in [1.165, 1.54) is 12.2 Å². The maximum Gasteiger partial charge on any atom is 0.122 e. The van der Waals surface area contributed by atoms with E-state index in [0.29, 0.717) is 4.75 Å². The Morgan fingerprint density at radius 3 is 2.75 bits per heavy atom. The highest BCUT2D eigenvalue weighted by atomic mass is 32.2. The summed E-state index contributed by atoms with van der Waals surface area (Å²) in [5.74, 6) is 3.17. The average molecular weight is 296 g/mol. The molecule has 0 aromatic carbocycles. The number of hydrogen-bond donors (Lipinski definition) is 1. The fraction of sp³-hybridized carbons (Fsp3) is 0.750. The van der Waals surface area contributed by atoms with Gasteiger partial charge in [-0.3, -0.25) is 4.90 Å². The minimum Gasteiger partial charge on any atom is -0.465 e. The largest absolute Gasteiger partial charge is 0.465 e. The van der Waals surface area contributed by atoms with Crippen LogP contribution in [0.15, 0.2) is 16.5 Å². The maximum atomic E-state index is 6.40. The van der Waals surface area contributed by atoms with Crippen molar-refractivity contribution in [3.05, 3.63) is 23.7 Å². The van der Waals surface area contributed by atoms with Gasteiger partial charge in [-0.1, -0.05) is 20.8 Å². The number of nitrogens with zero attached hydrogens (tertiary/aromatic N) is 1. The molecule has 114 valence electrons. The number of nitrogens with two attached hydrogens (primary N) is 1. The number of hydrogen-bond acceptors (Lipinski definition) is 4. The van der Waals surface area contributed by atoms with Crippen molar-refractivity contribution in [2.24, 2.45) is 5.73 Å². The maximum absolute atomic E-state index is 6.40. The van der Waals surface area contributed by atoms with Crippen LogP contribution in [0.2, 0.25) is 0 Å². The third-order valence-corrected chi connectivity index (χ3v) is 5.57. The quantitative estimate of drug-likeness (QED) is 0.922. The lowest BCUT2D eigenvalue weighted by molar-refractivity contribution is 0.153. The van der Waals surface area contributed by atoms with E-state index in [-0.39, 0.29) is 12.1 Å². The van der Waals surface area contributed by atoms with Crippen LogP contribution >= 0.6 is 11.8 Å². The van der Waals surface area contributed by atoms with Crippen molar-refractivity contribution < 1.29 is 4.42 Å². The highest BCUT2D eigenvalue weighted by molar-refractivity contribution is 8.00. The van der Waals surface area contributed by atoms with Gasteiger partial charge in [-0.05, 0) is 31.9 Å². The third kappa shape index (κ3) is 3.80. The second kappa shape index (κ2) is 6.54. The van der Waals surface area contributed by atoms with Gasteiger partial charge >= 0.3 is 0 Å². The number of aryl methyl sites for hydroxylation is 1. The lowest BCUT2D eigenvalue weighted by Gasteiger charge is -2.33. The number of rotatable bonds is 4. The van der Waals surface area contributed by atoms with Gasteiger partial charge in [0.15, 0.2) is 0 Å². The zero-order chi connectivity index (χ0) is 14.8. The van der Waals surface area contributed by atoms with Gasteiger partial charge in [0.25, 0.3) is 0 Å². The summed E-state index contributed by atoms with van der Waals surface area (Å²) in [5.41, 5.74) is 6.40. The third-order valence-electron chi connectivity index (χ3n) is 4.20. The lowest BCUT2D eigenvalue weighted by Crippen LogP contribution is -2.42. The van der Waals surface area contributed by atoms with Gasteiger partial charge < -0.3 is 10.2 Å². The van der Waals surface area contributed by atoms with E-state index in [4.69, 9.17) is 10.2 Å². The fourth-order valence-corrected chi connectivity index (χ4v) is 3.93. The van der Waals surface area contributed by atoms with Crippen molar-refractivity contribution in [2.45, 2.75) is 57.4 Å². The first kappa shape index (κ1) is 15.9. The lowest BCUT2D eigenvalue weighted by atomic mass is 10.0. The molecule has 20 heavy (non-hydrogen) atoms. The molecule has 0 amide bonds. The summed E-state index contributed by atoms with van der Waals surface area (Å²) >= 11 is 2.07. The van der Waals surface area contributed by atoms with Gasteiger partial charge in [0.1, 0.15) is 11.5 Å². The van der Waals surface area contributed by atoms with Crippen LogP contribution in [0.4, 0.5) is 0 Å². The van der Waals surface area contributed by atoms with E-state index >= 15 is 0 Å². The first-order valence-electron chi connectivity index (χ1n) is 7.63. The van der Waals surface area contributed by atoms with Gasteiger partial charge in [-0.15, -0.1) is 0 Å². The Bertz CT molecular complexity index is 430. The van der Waals surface area contributed by atoms with Crippen LogP contribution in [0.3, 0.4) is 0 Å². The van der Waals surface area contributed by atoms with Crippen molar-refractivity contribution in [1.82, 2.24) is 4.90 Å². The minimum atomic E-state index is 0.131. The molecule has 0 bridgehead atoms. The smallest absolute Gasteiger partial charge is 0.122 e. The molecular formula is C16H28N2OS. The molecular weight excluding hydrogens is 268 g/mol. The average Bonchev–Trinajstić information content (AvgIpc) is 2.73. The van der Waals surface area contributed by atoms with Gasteiger partial charge in [0, 0.05) is 29.6 Å². The predicted octanol–water partition coefficient (Wildman–Crippen LogP) is 3.58. The first-order valence-corrected chi connectivity index (χ1v) is 8.61. The monoisotopic (exact) mass is 296 g/mol. The van der Waals surface area contributed by atoms with E-state index in [1.807, 2.05) is 13.0 Å². The Morgan fingerprint density at radius 2 is 2.15 bits per heavy atom. The van der Waals surface area contributed by atoms with E-state index < -0.39 is 0 Å². The van der Waals surface area contributed by atoms with Crippen LogP contribution in [-0.4, -0.2) is 34.5 Å². The summed E-state index contributed by atoms with van der Waals surface area (Å²) in [6.45, 7) is 11.0.